The van der Waals surface area contributed by atoms with Gasteiger partial charge in [-0.2, -0.15) is 0 Å². The smallest absolute Gasteiger partial charge is 0.408 e. The third-order valence-corrected chi connectivity index (χ3v) is 5.82. The topological polar surface area (TPSA) is 163 Å². The Balaban J connectivity index is 1.96. The van der Waals surface area contributed by atoms with Crippen LogP contribution in [0.2, 0.25) is 0 Å². The third kappa shape index (κ3) is 5.48. The van der Waals surface area contributed by atoms with Gasteiger partial charge in [0.1, 0.15) is 23.2 Å². The monoisotopic (exact) mass is 519 g/mol. The first-order valence-electron chi connectivity index (χ1n) is 11.4. The van der Waals surface area contributed by atoms with Crippen molar-refractivity contribution in [2.45, 2.75) is 57.9 Å². The van der Waals surface area contributed by atoms with Crippen molar-refractivity contribution in [3.8, 4) is 23.8 Å². The van der Waals surface area contributed by atoms with Crippen LogP contribution in [-0.2, 0) is 18.9 Å². The molecular formula is C25H29NO11. The van der Waals surface area contributed by atoms with Gasteiger partial charge in [0.2, 0.25) is 6.29 Å². The molecule has 200 valence electrons. The van der Waals surface area contributed by atoms with E-state index in [2.05, 4.69) is 11.2 Å². The predicted octanol–water partition coefficient (Wildman–Crippen LogP) is 1.60. The van der Waals surface area contributed by atoms with Crippen molar-refractivity contribution < 1.29 is 47.9 Å². The second kappa shape index (κ2) is 11.1. The molecule has 1 aromatic carbocycles. The van der Waals surface area contributed by atoms with Gasteiger partial charge in [-0.05, 0) is 39.8 Å². The quantitative estimate of drug-likeness (QED) is 0.277. The summed E-state index contributed by atoms with van der Waals surface area (Å²) >= 11 is 0. The number of nitrogens with one attached hydrogen (secondary N) is 1. The number of hydrogen-bond acceptors (Lipinski definition) is 11. The zero-order valence-electron chi connectivity index (χ0n) is 21.0. The van der Waals surface area contributed by atoms with Crippen molar-refractivity contribution >= 4 is 23.0 Å². The molecular weight excluding hydrogens is 490 g/mol. The van der Waals surface area contributed by atoms with E-state index in [1.165, 1.54) is 19.2 Å². The summed E-state index contributed by atoms with van der Waals surface area (Å²) in [4.78, 5) is 36.7. The molecule has 0 bridgehead atoms. The van der Waals surface area contributed by atoms with Crippen molar-refractivity contribution in [1.29, 1.82) is 0 Å². The highest BCUT2D eigenvalue weighted by Gasteiger charge is 2.53. The van der Waals surface area contributed by atoms with Crippen LogP contribution >= 0.6 is 0 Å². The number of ether oxygens (including phenoxy) is 5. The Bertz CT molecular complexity index is 1280. The second-order valence-corrected chi connectivity index (χ2v) is 8.68. The number of rotatable bonds is 7. The molecule has 0 unspecified atom stereocenters. The van der Waals surface area contributed by atoms with Crippen LogP contribution in [-0.4, -0.2) is 72.7 Å². The molecule has 2 aromatic rings. The van der Waals surface area contributed by atoms with Gasteiger partial charge in [0.25, 0.3) is 0 Å². The number of terminal acetylenes is 1. The maximum absolute atomic E-state index is 12.4. The Morgan fingerprint density at radius 1 is 1.30 bits per heavy atom. The van der Waals surface area contributed by atoms with Gasteiger partial charge in [-0.15, -0.1) is 6.42 Å². The fourth-order valence-electron chi connectivity index (χ4n) is 4.10. The summed E-state index contributed by atoms with van der Waals surface area (Å²) in [5, 5.41) is 24.0. The second-order valence-electron chi connectivity index (χ2n) is 8.68. The van der Waals surface area contributed by atoms with Crippen molar-refractivity contribution in [3.05, 3.63) is 33.7 Å². The molecule has 1 amide bonds. The van der Waals surface area contributed by atoms with Crippen molar-refractivity contribution in [2.24, 2.45) is 0 Å². The molecule has 1 aliphatic rings. The van der Waals surface area contributed by atoms with Gasteiger partial charge >= 0.3 is 17.7 Å². The molecule has 0 saturated carbocycles. The minimum Gasteiger partial charge on any atom is -0.506 e. The molecule has 4 atom stereocenters. The molecule has 12 nitrogen and oxygen atoms in total. The summed E-state index contributed by atoms with van der Waals surface area (Å²) in [6, 6.07) is 2.81. The Kier molecular flexibility index (Phi) is 8.32. The van der Waals surface area contributed by atoms with Gasteiger partial charge in [-0.3, -0.25) is 0 Å². The van der Waals surface area contributed by atoms with Crippen LogP contribution < -0.4 is 15.7 Å². The molecule has 12 heteroatoms. The number of amides is 1. The summed E-state index contributed by atoms with van der Waals surface area (Å²) in [7, 11) is 1.38. The molecule has 3 rings (SSSR count). The van der Waals surface area contributed by atoms with E-state index < -0.39 is 59.2 Å². The minimum absolute atomic E-state index is 0.00181. The van der Waals surface area contributed by atoms with Crippen molar-refractivity contribution in [1.82, 2.24) is 5.32 Å². The van der Waals surface area contributed by atoms with Crippen LogP contribution in [0.5, 0.6) is 11.5 Å². The van der Waals surface area contributed by atoms with Crippen LogP contribution in [0, 0.1) is 19.3 Å². The van der Waals surface area contributed by atoms with Crippen molar-refractivity contribution in [2.75, 3.05) is 20.3 Å². The fraction of sp³-hybridized carbons (Fsp3) is 0.480. The number of aryl methyl sites for hydroxylation is 1. The molecule has 1 aliphatic heterocycles. The van der Waals surface area contributed by atoms with Crippen LogP contribution in [0.1, 0.15) is 36.7 Å². The highest BCUT2D eigenvalue weighted by molar-refractivity contribution is 5.99. The summed E-state index contributed by atoms with van der Waals surface area (Å²) in [5.74, 6) is 0.767. The normalized spacial score (nSPS) is 22.6. The Morgan fingerprint density at radius 3 is 2.62 bits per heavy atom. The molecule has 1 fully saturated rings. The molecule has 37 heavy (non-hydrogen) atoms. The van der Waals surface area contributed by atoms with E-state index in [-0.39, 0.29) is 35.4 Å². The molecule has 0 aliphatic carbocycles. The van der Waals surface area contributed by atoms with E-state index in [4.69, 9.17) is 34.5 Å². The lowest BCUT2D eigenvalue weighted by Gasteiger charge is -2.47. The lowest BCUT2D eigenvalue weighted by atomic mass is 9.89. The van der Waals surface area contributed by atoms with E-state index in [0.29, 0.717) is 0 Å². The highest BCUT2D eigenvalue weighted by atomic mass is 16.7. The summed E-state index contributed by atoms with van der Waals surface area (Å²) < 4.78 is 32.8. The van der Waals surface area contributed by atoms with Crippen LogP contribution in [0.15, 0.2) is 21.3 Å². The number of carbonyl (C=O) groups excluding carboxylic acids is 2. The standard InChI is InChI=1S/C25H29NO11/c1-7-11-26-24(31)36-19-17(28)23(37-25(4,5)20(19)32-6)34-14-10-9-13-16(27)15(21(29)33-8-2)22(30)35-18(13)12(14)3/h1,9-10,17,19-20,23,27-28H,8,11H2,2-6H3,(H,26,31)/t17-,19+,20-,23-/m1/s1. The molecule has 2 heterocycles. The SMILES string of the molecule is C#CCNC(=O)O[C@H]1[C@@H](O)[C@H](Oc2ccc3c(O)c(C(=O)OCC)c(=O)oc3c2C)OC(C)(C)[C@@H]1OC. The van der Waals surface area contributed by atoms with Gasteiger partial charge in [-0.1, -0.05) is 5.92 Å². The van der Waals surface area contributed by atoms with Gasteiger partial charge < -0.3 is 43.6 Å². The fourth-order valence-corrected chi connectivity index (χ4v) is 4.10. The molecule has 3 N–H and O–H groups in total. The first-order valence-corrected chi connectivity index (χ1v) is 11.4. The first kappa shape index (κ1) is 27.8. The Morgan fingerprint density at radius 2 is 2.00 bits per heavy atom. The lowest BCUT2D eigenvalue weighted by Crippen LogP contribution is -2.65. The summed E-state index contributed by atoms with van der Waals surface area (Å²) in [6.07, 6.45) is -0.632. The molecule has 1 saturated heterocycles. The van der Waals surface area contributed by atoms with Crippen LogP contribution in [0.25, 0.3) is 11.0 Å². The van der Waals surface area contributed by atoms with Gasteiger partial charge in [0, 0.05) is 12.7 Å². The molecule has 0 spiro atoms. The maximum atomic E-state index is 12.4. The number of aliphatic hydroxyl groups is 1. The summed E-state index contributed by atoms with van der Waals surface area (Å²) in [5.41, 5.74) is -2.57. The number of fused-ring (bicyclic) bond motifs is 1. The van der Waals surface area contributed by atoms with E-state index in [9.17, 15) is 24.6 Å². The van der Waals surface area contributed by atoms with E-state index in [1.807, 2.05) is 0 Å². The minimum atomic E-state index is -1.50. The van der Waals surface area contributed by atoms with E-state index in [1.54, 1.807) is 27.7 Å². The first-order chi connectivity index (χ1) is 17.5. The molecule has 1 aromatic heterocycles. The number of alkyl carbamates (subject to hydrolysis) is 1. The van der Waals surface area contributed by atoms with Gasteiger partial charge in [0.05, 0.1) is 24.1 Å². The largest absolute Gasteiger partial charge is 0.506 e. The van der Waals surface area contributed by atoms with Crippen LogP contribution in [0.4, 0.5) is 4.79 Å². The van der Waals surface area contributed by atoms with Gasteiger partial charge in [0.15, 0.2) is 17.8 Å². The lowest BCUT2D eigenvalue weighted by molar-refractivity contribution is -0.305. The summed E-state index contributed by atoms with van der Waals surface area (Å²) in [6.45, 7) is 6.36. The third-order valence-electron chi connectivity index (χ3n) is 5.82. The van der Waals surface area contributed by atoms with Crippen molar-refractivity contribution in [3.63, 3.8) is 0 Å². The molecule has 0 radical (unpaired) electrons. The Labute approximate surface area is 212 Å². The number of aromatic hydroxyl groups is 1. The maximum Gasteiger partial charge on any atom is 0.408 e. The van der Waals surface area contributed by atoms with Crippen LogP contribution in [0.3, 0.4) is 0 Å². The zero-order chi connectivity index (χ0) is 27.5. The van der Waals surface area contributed by atoms with E-state index in [0.717, 1.165) is 0 Å². The number of methoxy groups -OCH3 is 1. The average molecular weight is 520 g/mol. The van der Waals surface area contributed by atoms with E-state index >= 15 is 0 Å². The predicted molar refractivity (Wildman–Crippen MR) is 128 cm³/mol. The number of aliphatic hydroxyl groups excluding tert-OH is 1. The number of benzene rings is 1. The average Bonchev–Trinajstić information content (AvgIpc) is 2.83. The Hall–Kier alpha value is -3.79. The highest BCUT2D eigenvalue weighted by Crippen LogP contribution is 2.37. The number of carbonyl (C=O) groups is 2. The number of esters is 1. The van der Waals surface area contributed by atoms with Gasteiger partial charge in [-0.25, -0.2) is 14.4 Å². The zero-order valence-corrected chi connectivity index (χ0v) is 21.0. The number of hydrogen-bond donors (Lipinski definition) is 3.